The molecule has 0 N–H and O–H groups in total. The molecule has 1 spiro atoms. The first-order valence-electron chi connectivity index (χ1n) is 9.60. The van der Waals surface area contributed by atoms with Crippen LogP contribution in [0, 0.1) is 29.1 Å². The van der Waals surface area contributed by atoms with E-state index < -0.39 is 0 Å². The molecule has 2 amide bonds. The number of ether oxygens (including phenoxy) is 1. The third-order valence-corrected chi connectivity index (χ3v) is 6.92. The first-order chi connectivity index (χ1) is 12.6. The van der Waals surface area contributed by atoms with E-state index in [-0.39, 0.29) is 23.2 Å². The van der Waals surface area contributed by atoms with Crippen molar-refractivity contribution in [2.24, 2.45) is 29.1 Å². The summed E-state index contributed by atoms with van der Waals surface area (Å²) < 4.78 is 5.40. The molecule has 1 aromatic rings. The highest BCUT2D eigenvalue weighted by Crippen LogP contribution is 2.60. The Hall–Kier alpha value is -1.95. The van der Waals surface area contributed by atoms with Gasteiger partial charge >= 0.3 is 0 Å². The van der Waals surface area contributed by atoms with Crippen LogP contribution in [0.15, 0.2) is 24.4 Å². The quantitative estimate of drug-likeness (QED) is 0.813. The van der Waals surface area contributed by atoms with Gasteiger partial charge in [0.15, 0.2) is 0 Å². The SMILES string of the molecule is CN(Cc1ccccn1)C(=O)C1CC12CCN(C(=O)C1[C@H]3COC[C@@H]13)C2. The Bertz CT molecular complexity index is 729. The van der Waals surface area contributed by atoms with Crippen molar-refractivity contribution >= 4 is 11.8 Å². The number of hydrogen-bond acceptors (Lipinski definition) is 4. The topological polar surface area (TPSA) is 62.7 Å². The summed E-state index contributed by atoms with van der Waals surface area (Å²) in [6, 6.07) is 5.77. The summed E-state index contributed by atoms with van der Waals surface area (Å²) in [7, 11) is 1.85. The Kier molecular flexibility index (Phi) is 3.61. The maximum Gasteiger partial charge on any atom is 0.226 e. The van der Waals surface area contributed by atoms with Crippen LogP contribution < -0.4 is 0 Å². The molecule has 4 aliphatic rings. The summed E-state index contributed by atoms with van der Waals surface area (Å²) in [5.41, 5.74) is 0.940. The van der Waals surface area contributed by atoms with Crippen molar-refractivity contribution in [3.63, 3.8) is 0 Å². The Morgan fingerprint density at radius 3 is 2.88 bits per heavy atom. The molecular formula is C20H25N3O3. The van der Waals surface area contributed by atoms with Gasteiger partial charge in [-0.1, -0.05) is 6.07 Å². The van der Waals surface area contributed by atoms with Crippen LogP contribution >= 0.6 is 0 Å². The minimum absolute atomic E-state index is 0.0334. The summed E-state index contributed by atoms with van der Waals surface area (Å²) in [6.45, 7) is 3.61. The monoisotopic (exact) mass is 355 g/mol. The van der Waals surface area contributed by atoms with Gasteiger partial charge in [0.1, 0.15) is 0 Å². The molecule has 4 fully saturated rings. The molecule has 0 radical (unpaired) electrons. The van der Waals surface area contributed by atoms with E-state index in [1.807, 2.05) is 30.1 Å². The van der Waals surface area contributed by atoms with Gasteiger partial charge in [0.05, 0.1) is 25.5 Å². The van der Waals surface area contributed by atoms with Crippen LogP contribution in [0.25, 0.3) is 0 Å². The van der Waals surface area contributed by atoms with Gasteiger partial charge in [-0.2, -0.15) is 0 Å². The number of likely N-dealkylation sites (tertiary alicyclic amines) is 1. The lowest BCUT2D eigenvalue weighted by atomic mass is 10.0. The zero-order chi connectivity index (χ0) is 17.9. The number of rotatable bonds is 4. The number of nitrogens with zero attached hydrogens (tertiary/aromatic N) is 3. The molecule has 5 rings (SSSR count). The smallest absolute Gasteiger partial charge is 0.226 e. The molecule has 1 aromatic heterocycles. The van der Waals surface area contributed by atoms with E-state index in [2.05, 4.69) is 4.98 Å². The Balaban J connectivity index is 1.17. The number of aromatic nitrogens is 1. The number of amides is 2. The molecule has 2 aliphatic carbocycles. The highest BCUT2D eigenvalue weighted by atomic mass is 16.5. The van der Waals surface area contributed by atoms with Crippen molar-refractivity contribution in [3.8, 4) is 0 Å². The predicted octanol–water partition coefficient (Wildman–Crippen LogP) is 1.17. The van der Waals surface area contributed by atoms with Crippen LogP contribution in [0.4, 0.5) is 0 Å². The molecule has 2 aliphatic heterocycles. The van der Waals surface area contributed by atoms with E-state index in [9.17, 15) is 9.59 Å². The fourth-order valence-electron chi connectivity index (χ4n) is 5.13. The number of fused-ring (bicyclic) bond motifs is 1. The normalized spacial score (nSPS) is 36.9. The minimum atomic E-state index is 0.0334. The van der Waals surface area contributed by atoms with Crippen molar-refractivity contribution in [2.75, 3.05) is 33.4 Å². The summed E-state index contributed by atoms with van der Waals surface area (Å²) >= 11 is 0. The van der Waals surface area contributed by atoms with Crippen molar-refractivity contribution in [2.45, 2.75) is 19.4 Å². The van der Waals surface area contributed by atoms with E-state index in [4.69, 9.17) is 4.74 Å². The van der Waals surface area contributed by atoms with E-state index in [0.29, 0.717) is 24.3 Å². The molecular weight excluding hydrogens is 330 g/mol. The van der Waals surface area contributed by atoms with Crippen molar-refractivity contribution in [1.82, 2.24) is 14.8 Å². The summed E-state index contributed by atoms with van der Waals surface area (Å²) in [5.74, 6) is 1.68. The van der Waals surface area contributed by atoms with Crippen LogP contribution in [-0.2, 0) is 20.9 Å². The van der Waals surface area contributed by atoms with Gasteiger partial charge < -0.3 is 14.5 Å². The highest BCUT2D eigenvalue weighted by Gasteiger charge is 2.64. The maximum absolute atomic E-state index is 12.8. The van der Waals surface area contributed by atoms with Crippen LogP contribution in [-0.4, -0.2) is 59.9 Å². The van der Waals surface area contributed by atoms with Crippen LogP contribution in [0.2, 0.25) is 0 Å². The molecule has 2 saturated carbocycles. The maximum atomic E-state index is 12.8. The van der Waals surface area contributed by atoms with Gasteiger partial charge in [-0.25, -0.2) is 0 Å². The molecule has 3 unspecified atom stereocenters. The largest absolute Gasteiger partial charge is 0.381 e. The predicted molar refractivity (Wildman–Crippen MR) is 93.7 cm³/mol. The zero-order valence-electron chi connectivity index (χ0n) is 15.1. The van der Waals surface area contributed by atoms with E-state index >= 15 is 0 Å². The Morgan fingerprint density at radius 2 is 2.15 bits per heavy atom. The first-order valence-corrected chi connectivity index (χ1v) is 9.60. The van der Waals surface area contributed by atoms with Crippen LogP contribution in [0.1, 0.15) is 18.5 Å². The zero-order valence-corrected chi connectivity index (χ0v) is 15.1. The molecule has 0 aromatic carbocycles. The fraction of sp³-hybridized carbons (Fsp3) is 0.650. The second-order valence-electron chi connectivity index (χ2n) is 8.54. The average molecular weight is 355 g/mol. The van der Waals surface area contributed by atoms with Crippen LogP contribution in [0.3, 0.4) is 0 Å². The molecule has 6 nitrogen and oxygen atoms in total. The number of carbonyl (C=O) groups is 2. The third-order valence-electron chi connectivity index (χ3n) is 6.92. The third kappa shape index (κ3) is 2.54. The van der Waals surface area contributed by atoms with Crippen molar-refractivity contribution in [3.05, 3.63) is 30.1 Å². The van der Waals surface area contributed by atoms with Gasteiger partial charge in [0.25, 0.3) is 0 Å². The molecule has 5 atom stereocenters. The molecule has 26 heavy (non-hydrogen) atoms. The van der Waals surface area contributed by atoms with Gasteiger partial charge in [0, 0.05) is 43.6 Å². The average Bonchev–Trinajstić information content (AvgIpc) is 3.37. The standard InChI is InChI=1S/C20H25N3O3/c1-22(9-13-4-2-3-6-21-13)18(24)16-8-20(16)5-7-23(12-20)19(25)17-14-10-26-11-15(14)17/h2-4,6,14-17H,5,7-12H2,1H3/t14-,15+,16?,17?,20?. The van der Waals surface area contributed by atoms with Crippen molar-refractivity contribution < 1.29 is 14.3 Å². The van der Waals surface area contributed by atoms with Gasteiger partial charge in [-0.3, -0.25) is 14.6 Å². The van der Waals surface area contributed by atoms with Gasteiger partial charge in [0.2, 0.25) is 11.8 Å². The molecule has 138 valence electrons. The van der Waals surface area contributed by atoms with Crippen LogP contribution in [0.5, 0.6) is 0 Å². The molecule has 3 heterocycles. The molecule has 0 bridgehead atoms. The number of carbonyl (C=O) groups excluding carboxylic acids is 2. The van der Waals surface area contributed by atoms with E-state index in [1.54, 1.807) is 11.1 Å². The van der Waals surface area contributed by atoms with E-state index in [0.717, 1.165) is 44.8 Å². The molecule has 6 heteroatoms. The Labute approximate surface area is 153 Å². The summed E-state index contributed by atoms with van der Waals surface area (Å²) in [5, 5.41) is 0. The Morgan fingerprint density at radius 1 is 1.35 bits per heavy atom. The second kappa shape index (κ2) is 5.78. The number of pyridine rings is 1. The highest BCUT2D eigenvalue weighted by molar-refractivity contribution is 5.85. The molecule has 2 saturated heterocycles. The van der Waals surface area contributed by atoms with Crippen molar-refractivity contribution in [1.29, 1.82) is 0 Å². The van der Waals surface area contributed by atoms with Gasteiger partial charge in [-0.05, 0) is 36.8 Å². The number of hydrogen-bond donors (Lipinski definition) is 0. The lowest BCUT2D eigenvalue weighted by Crippen LogP contribution is -2.34. The lowest BCUT2D eigenvalue weighted by Gasteiger charge is -2.20. The summed E-state index contributed by atoms with van der Waals surface area (Å²) in [4.78, 5) is 33.7. The summed E-state index contributed by atoms with van der Waals surface area (Å²) in [6.07, 6.45) is 3.64. The minimum Gasteiger partial charge on any atom is -0.381 e. The lowest BCUT2D eigenvalue weighted by molar-refractivity contribution is -0.134. The second-order valence-corrected chi connectivity index (χ2v) is 8.54. The fourth-order valence-corrected chi connectivity index (χ4v) is 5.13. The van der Waals surface area contributed by atoms with E-state index in [1.165, 1.54) is 0 Å². The first kappa shape index (κ1) is 16.2. The van der Waals surface area contributed by atoms with Gasteiger partial charge in [-0.15, -0.1) is 0 Å².